The van der Waals surface area contributed by atoms with E-state index in [1.54, 1.807) is 45.0 Å². The van der Waals surface area contributed by atoms with Gasteiger partial charge in [-0.3, -0.25) is 10.1 Å². The van der Waals surface area contributed by atoms with E-state index >= 15 is 0 Å². The molecule has 0 heterocycles. The molecule has 0 spiro atoms. The largest absolute Gasteiger partial charge is 0.444 e. The van der Waals surface area contributed by atoms with Crippen LogP contribution in [-0.2, 0) is 9.53 Å². The van der Waals surface area contributed by atoms with Crippen LogP contribution in [0.2, 0.25) is 0 Å². The SMILES string of the molecule is CC(C)C(=O)Nc1ccc(NC(=O)OC(C)(C)C)cc1. The number of rotatable bonds is 3. The van der Waals surface area contributed by atoms with Gasteiger partial charge < -0.3 is 10.1 Å². The molecule has 110 valence electrons. The quantitative estimate of drug-likeness (QED) is 0.887. The Balaban J connectivity index is 2.59. The van der Waals surface area contributed by atoms with E-state index in [1.807, 2.05) is 13.8 Å². The molecule has 0 aromatic heterocycles. The Labute approximate surface area is 119 Å². The maximum Gasteiger partial charge on any atom is 0.412 e. The van der Waals surface area contributed by atoms with Crippen molar-refractivity contribution in [1.82, 2.24) is 0 Å². The van der Waals surface area contributed by atoms with Crippen LogP contribution in [-0.4, -0.2) is 17.6 Å². The number of amides is 2. The summed E-state index contributed by atoms with van der Waals surface area (Å²) in [6, 6.07) is 6.87. The molecule has 5 heteroatoms. The van der Waals surface area contributed by atoms with Gasteiger partial charge in [0.15, 0.2) is 0 Å². The van der Waals surface area contributed by atoms with Crippen molar-refractivity contribution in [3.63, 3.8) is 0 Å². The third kappa shape index (κ3) is 5.73. The highest BCUT2D eigenvalue weighted by molar-refractivity contribution is 5.92. The number of ether oxygens (including phenoxy) is 1. The second-order valence-electron chi connectivity index (χ2n) is 5.85. The number of anilines is 2. The number of hydrogen-bond acceptors (Lipinski definition) is 3. The fraction of sp³-hybridized carbons (Fsp3) is 0.467. The Kier molecular flexibility index (Phi) is 5.13. The molecule has 0 aliphatic carbocycles. The van der Waals surface area contributed by atoms with Crippen molar-refractivity contribution in [3.05, 3.63) is 24.3 Å². The summed E-state index contributed by atoms with van der Waals surface area (Å²) in [4.78, 5) is 23.1. The second-order valence-corrected chi connectivity index (χ2v) is 5.85. The maximum atomic E-state index is 11.6. The van der Waals surface area contributed by atoms with Gasteiger partial charge in [0.05, 0.1) is 0 Å². The average molecular weight is 278 g/mol. The van der Waals surface area contributed by atoms with Crippen molar-refractivity contribution in [2.45, 2.75) is 40.2 Å². The Morgan fingerprint density at radius 1 is 1.00 bits per heavy atom. The van der Waals surface area contributed by atoms with Crippen LogP contribution in [0, 0.1) is 5.92 Å². The molecule has 0 saturated carbocycles. The molecule has 0 unspecified atom stereocenters. The first-order valence-corrected chi connectivity index (χ1v) is 6.58. The minimum Gasteiger partial charge on any atom is -0.444 e. The van der Waals surface area contributed by atoms with Gasteiger partial charge in [0, 0.05) is 17.3 Å². The smallest absolute Gasteiger partial charge is 0.412 e. The standard InChI is InChI=1S/C15H22N2O3/c1-10(2)13(18)16-11-6-8-12(9-7-11)17-14(19)20-15(3,4)5/h6-10H,1-5H3,(H,16,18)(H,17,19). The molecule has 2 amide bonds. The molecule has 1 aromatic carbocycles. The predicted octanol–water partition coefficient (Wildman–Crippen LogP) is 3.63. The Morgan fingerprint density at radius 3 is 1.85 bits per heavy atom. The summed E-state index contributed by atoms with van der Waals surface area (Å²) in [5, 5.41) is 5.41. The zero-order valence-corrected chi connectivity index (χ0v) is 12.6. The first-order valence-electron chi connectivity index (χ1n) is 6.58. The van der Waals surface area contributed by atoms with E-state index in [-0.39, 0.29) is 11.8 Å². The van der Waals surface area contributed by atoms with Crippen molar-refractivity contribution >= 4 is 23.4 Å². The minimum absolute atomic E-state index is 0.0437. The summed E-state index contributed by atoms with van der Waals surface area (Å²) in [7, 11) is 0. The molecule has 1 aromatic rings. The first-order chi connectivity index (χ1) is 9.17. The lowest BCUT2D eigenvalue weighted by atomic mass is 10.2. The summed E-state index contributed by atoms with van der Waals surface area (Å²) in [6.07, 6.45) is -0.503. The average Bonchev–Trinajstić information content (AvgIpc) is 2.28. The van der Waals surface area contributed by atoms with E-state index < -0.39 is 11.7 Å². The molecule has 0 bridgehead atoms. The third-order valence-corrected chi connectivity index (χ3v) is 2.32. The van der Waals surface area contributed by atoms with Crippen LogP contribution in [0.25, 0.3) is 0 Å². The van der Waals surface area contributed by atoms with E-state index in [9.17, 15) is 9.59 Å². The topological polar surface area (TPSA) is 67.4 Å². The highest BCUT2D eigenvalue weighted by Crippen LogP contribution is 2.16. The fourth-order valence-corrected chi connectivity index (χ4v) is 1.34. The first kappa shape index (κ1) is 16.0. The number of benzene rings is 1. The van der Waals surface area contributed by atoms with Crippen LogP contribution in [0.4, 0.5) is 16.2 Å². The van der Waals surface area contributed by atoms with E-state index in [4.69, 9.17) is 4.74 Å². The van der Waals surface area contributed by atoms with E-state index in [1.165, 1.54) is 0 Å². The molecule has 20 heavy (non-hydrogen) atoms. The van der Waals surface area contributed by atoms with Crippen LogP contribution in [0.3, 0.4) is 0 Å². The van der Waals surface area contributed by atoms with Gasteiger partial charge in [-0.05, 0) is 45.0 Å². The molecule has 5 nitrogen and oxygen atoms in total. The molecule has 2 N–H and O–H groups in total. The van der Waals surface area contributed by atoms with Crippen LogP contribution in [0.5, 0.6) is 0 Å². The fourth-order valence-electron chi connectivity index (χ4n) is 1.34. The van der Waals surface area contributed by atoms with E-state index in [0.29, 0.717) is 11.4 Å². The third-order valence-electron chi connectivity index (χ3n) is 2.32. The lowest BCUT2D eigenvalue weighted by Gasteiger charge is -2.19. The lowest BCUT2D eigenvalue weighted by Crippen LogP contribution is -2.27. The molecule has 0 radical (unpaired) electrons. The Bertz CT molecular complexity index is 473. The molecule has 1 rings (SSSR count). The molecule has 0 saturated heterocycles. The van der Waals surface area contributed by atoms with Crippen molar-refractivity contribution in [1.29, 1.82) is 0 Å². The Morgan fingerprint density at radius 2 is 1.45 bits per heavy atom. The monoisotopic (exact) mass is 278 g/mol. The van der Waals surface area contributed by atoms with E-state index in [2.05, 4.69) is 10.6 Å². The molecule has 0 fully saturated rings. The zero-order valence-electron chi connectivity index (χ0n) is 12.6. The summed E-state index contributed by atoms with van der Waals surface area (Å²) in [5.74, 6) is -0.118. The predicted molar refractivity (Wildman–Crippen MR) is 79.8 cm³/mol. The highest BCUT2D eigenvalue weighted by atomic mass is 16.6. The normalized spacial score (nSPS) is 11.1. The van der Waals surface area contributed by atoms with Gasteiger partial charge in [0.2, 0.25) is 5.91 Å². The van der Waals surface area contributed by atoms with Crippen molar-refractivity contribution in [3.8, 4) is 0 Å². The number of carbonyl (C=O) groups is 2. The second kappa shape index (κ2) is 6.41. The van der Waals surface area contributed by atoms with Crippen molar-refractivity contribution < 1.29 is 14.3 Å². The van der Waals surface area contributed by atoms with Crippen LogP contribution >= 0.6 is 0 Å². The summed E-state index contributed by atoms with van der Waals surface area (Å²) in [5.41, 5.74) is 0.773. The van der Waals surface area contributed by atoms with Gasteiger partial charge in [-0.2, -0.15) is 0 Å². The number of hydrogen-bond donors (Lipinski definition) is 2. The lowest BCUT2D eigenvalue weighted by molar-refractivity contribution is -0.118. The minimum atomic E-state index is -0.532. The van der Waals surface area contributed by atoms with Crippen LogP contribution < -0.4 is 10.6 Å². The van der Waals surface area contributed by atoms with Gasteiger partial charge in [-0.1, -0.05) is 13.8 Å². The van der Waals surface area contributed by atoms with Gasteiger partial charge >= 0.3 is 6.09 Å². The van der Waals surface area contributed by atoms with E-state index in [0.717, 1.165) is 0 Å². The molecular weight excluding hydrogens is 256 g/mol. The summed E-state index contributed by atoms with van der Waals surface area (Å²) < 4.78 is 5.15. The number of carbonyl (C=O) groups excluding carboxylic acids is 2. The van der Waals surface area contributed by atoms with Crippen LogP contribution in [0.15, 0.2) is 24.3 Å². The molecule has 0 atom stereocenters. The molecular formula is C15H22N2O3. The maximum absolute atomic E-state index is 11.6. The highest BCUT2D eigenvalue weighted by Gasteiger charge is 2.16. The summed E-state index contributed by atoms with van der Waals surface area (Å²) in [6.45, 7) is 9.06. The summed E-state index contributed by atoms with van der Waals surface area (Å²) >= 11 is 0. The molecule has 0 aliphatic heterocycles. The van der Waals surface area contributed by atoms with Crippen molar-refractivity contribution in [2.75, 3.05) is 10.6 Å². The van der Waals surface area contributed by atoms with Gasteiger partial charge in [-0.25, -0.2) is 4.79 Å². The Hall–Kier alpha value is -2.04. The van der Waals surface area contributed by atoms with Crippen LogP contribution in [0.1, 0.15) is 34.6 Å². The van der Waals surface area contributed by atoms with Gasteiger partial charge in [0.1, 0.15) is 5.60 Å². The van der Waals surface area contributed by atoms with Crippen molar-refractivity contribution in [2.24, 2.45) is 5.92 Å². The zero-order chi connectivity index (χ0) is 15.3. The number of nitrogens with one attached hydrogen (secondary N) is 2. The van der Waals surface area contributed by atoms with Gasteiger partial charge in [-0.15, -0.1) is 0 Å². The molecule has 0 aliphatic rings. The van der Waals surface area contributed by atoms with Gasteiger partial charge in [0.25, 0.3) is 0 Å².